The van der Waals surface area contributed by atoms with Crippen LogP contribution in [0.15, 0.2) is 42.5 Å². The maximum absolute atomic E-state index is 13.3. The maximum Gasteiger partial charge on any atom is 0.242 e. The first-order valence-electron chi connectivity index (χ1n) is 11.1. The number of methoxy groups -OCH3 is 1. The van der Waals surface area contributed by atoms with Gasteiger partial charge in [0.25, 0.3) is 0 Å². The highest BCUT2D eigenvalue weighted by atomic mass is 35.5. The minimum absolute atomic E-state index is 0.0277. The first kappa shape index (κ1) is 28.7. The zero-order valence-corrected chi connectivity index (χ0v) is 22.6. The highest BCUT2D eigenvalue weighted by molar-refractivity contribution is 7.92. The van der Waals surface area contributed by atoms with Crippen LogP contribution in [0, 0.1) is 0 Å². The van der Waals surface area contributed by atoms with Crippen LogP contribution in [-0.2, 0) is 26.2 Å². The molecule has 8 nitrogen and oxygen atoms in total. The van der Waals surface area contributed by atoms with E-state index in [1.165, 1.54) is 23.4 Å². The number of hydrogen-bond donors (Lipinski definition) is 1. The maximum atomic E-state index is 13.3. The van der Waals surface area contributed by atoms with Gasteiger partial charge in [-0.05, 0) is 42.7 Å². The summed E-state index contributed by atoms with van der Waals surface area (Å²) in [5.74, 6) is -0.174. The molecule has 0 aliphatic carbocycles. The van der Waals surface area contributed by atoms with E-state index in [1.54, 1.807) is 42.5 Å². The zero-order chi connectivity index (χ0) is 26.2. The molecule has 0 unspecified atom stereocenters. The van der Waals surface area contributed by atoms with Crippen molar-refractivity contribution in [2.75, 3.05) is 31.3 Å². The number of hydrogen-bond acceptors (Lipinski definition) is 5. The van der Waals surface area contributed by atoms with Crippen molar-refractivity contribution < 1.29 is 22.7 Å². The molecular formula is C24H31Cl2N3O5S. The molecule has 11 heteroatoms. The van der Waals surface area contributed by atoms with Gasteiger partial charge in [0, 0.05) is 36.6 Å². The van der Waals surface area contributed by atoms with Crippen molar-refractivity contribution in [3.63, 3.8) is 0 Å². The zero-order valence-electron chi connectivity index (χ0n) is 20.3. The smallest absolute Gasteiger partial charge is 0.242 e. The van der Waals surface area contributed by atoms with Gasteiger partial charge in [-0.3, -0.25) is 13.9 Å². The molecule has 0 heterocycles. The Kier molecular flexibility index (Phi) is 10.7. The van der Waals surface area contributed by atoms with Gasteiger partial charge in [-0.1, -0.05) is 48.3 Å². The molecule has 0 aliphatic rings. The van der Waals surface area contributed by atoms with E-state index in [2.05, 4.69) is 5.32 Å². The van der Waals surface area contributed by atoms with Crippen LogP contribution in [0.1, 0.15) is 31.7 Å². The minimum atomic E-state index is -3.63. The van der Waals surface area contributed by atoms with Gasteiger partial charge in [0.2, 0.25) is 21.8 Å². The number of nitrogens with one attached hydrogen (secondary N) is 1. The summed E-state index contributed by atoms with van der Waals surface area (Å²) in [5, 5.41) is 3.46. The van der Waals surface area contributed by atoms with Gasteiger partial charge in [-0.25, -0.2) is 8.42 Å². The monoisotopic (exact) mass is 543 g/mol. The fourth-order valence-electron chi connectivity index (χ4n) is 3.74. The number of amides is 2. The van der Waals surface area contributed by atoms with Gasteiger partial charge < -0.3 is 15.0 Å². The van der Waals surface area contributed by atoms with E-state index >= 15 is 0 Å². The predicted octanol–water partition coefficient (Wildman–Crippen LogP) is 4.10. The number of nitrogens with zero attached hydrogens (tertiary/aromatic N) is 2. The molecule has 2 aromatic rings. The van der Waals surface area contributed by atoms with E-state index in [-0.39, 0.29) is 37.7 Å². The number of rotatable bonds is 12. The number of anilines is 1. The van der Waals surface area contributed by atoms with Crippen LogP contribution in [0.2, 0.25) is 10.0 Å². The quantitative estimate of drug-likeness (QED) is 0.434. The highest BCUT2D eigenvalue weighted by Gasteiger charge is 2.29. The average Bonchev–Trinajstić information content (AvgIpc) is 2.81. The summed E-state index contributed by atoms with van der Waals surface area (Å²) in [6.45, 7) is 2.00. The number of likely N-dealkylation sites (N-methyl/N-ethyl adjacent to an activating group) is 1. The summed E-state index contributed by atoms with van der Waals surface area (Å²) in [5.41, 5.74) is 1.05. The van der Waals surface area contributed by atoms with Crippen molar-refractivity contribution in [3.8, 4) is 5.75 Å². The molecule has 0 spiro atoms. The summed E-state index contributed by atoms with van der Waals surface area (Å²) in [6, 6.07) is 11.0. The number of halogens is 2. The van der Waals surface area contributed by atoms with E-state index in [4.69, 9.17) is 27.9 Å². The molecule has 0 saturated heterocycles. The van der Waals surface area contributed by atoms with Crippen LogP contribution in [0.25, 0.3) is 0 Å². The van der Waals surface area contributed by atoms with Crippen LogP contribution >= 0.6 is 23.2 Å². The fourth-order valence-corrected chi connectivity index (χ4v) is 5.17. The molecule has 0 saturated carbocycles. The lowest BCUT2D eigenvalue weighted by Crippen LogP contribution is -2.48. The Morgan fingerprint density at radius 1 is 1.14 bits per heavy atom. The number of carbonyl (C=O) groups is 2. The summed E-state index contributed by atoms with van der Waals surface area (Å²) in [4.78, 5) is 27.3. The third-order valence-electron chi connectivity index (χ3n) is 5.49. The van der Waals surface area contributed by atoms with Gasteiger partial charge in [0.05, 0.1) is 19.1 Å². The van der Waals surface area contributed by atoms with Gasteiger partial charge >= 0.3 is 0 Å². The van der Waals surface area contributed by atoms with Crippen molar-refractivity contribution in [1.29, 1.82) is 0 Å². The first-order chi connectivity index (χ1) is 16.5. The Morgan fingerprint density at radius 3 is 2.40 bits per heavy atom. The van der Waals surface area contributed by atoms with E-state index in [9.17, 15) is 18.0 Å². The van der Waals surface area contributed by atoms with Crippen molar-refractivity contribution >= 4 is 50.7 Å². The average molecular weight is 545 g/mol. The van der Waals surface area contributed by atoms with Gasteiger partial charge in [0.15, 0.2) is 0 Å². The number of benzene rings is 2. The Morgan fingerprint density at radius 2 is 1.83 bits per heavy atom. The number of sulfonamides is 1. The van der Waals surface area contributed by atoms with Crippen molar-refractivity contribution in [1.82, 2.24) is 10.2 Å². The van der Waals surface area contributed by atoms with Gasteiger partial charge in [-0.15, -0.1) is 0 Å². The lowest BCUT2D eigenvalue weighted by atomic mass is 10.1. The normalized spacial score (nSPS) is 12.1. The van der Waals surface area contributed by atoms with Crippen LogP contribution in [-0.4, -0.2) is 58.1 Å². The summed E-state index contributed by atoms with van der Waals surface area (Å²) in [6.07, 6.45) is 1.76. The lowest BCUT2D eigenvalue weighted by Gasteiger charge is -2.31. The summed E-state index contributed by atoms with van der Waals surface area (Å²) >= 11 is 12.3. The minimum Gasteiger partial charge on any atom is -0.495 e. The van der Waals surface area contributed by atoms with Crippen LogP contribution in [0.5, 0.6) is 5.75 Å². The van der Waals surface area contributed by atoms with Crippen molar-refractivity contribution in [3.05, 3.63) is 58.1 Å². The third kappa shape index (κ3) is 7.75. The van der Waals surface area contributed by atoms with E-state index in [0.29, 0.717) is 33.5 Å². The molecule has 0 radical (unpaired) electrons. The predicted molar refractivity (Wildman–Crippen MR) is 140 cm³/mol. The molecule has 1 atom stereocenters. The van der Waals surface area contributed by atoms with E-state index in [0.717, 1.165) is 6.26 Å². The molecule has 0 fully saturated rings. The molecule has 0 aromatic heterocycles. The number of ether oxygens (including phenoxy) is 1. The van der Waals surface area contributed by atoms with E-state index in [1.807, 2.05) is 6.92 Å². The second-order valence-electron chi connectivity index (χ2n) is 7.91. The number of para-hydroxylation sites is 2. The standard InChI is InChI=1S/C24H31Cl2N3O5S/c1-5-20(24(31)27-2)28(16-17-12-13-18(25)15-19(17)26)23(30)11-8-14-29(35(4,32)33)21-9-6-7-10-22(21)34-3/h6-7,9-10,12-13,15,20H,5,8,11,14,16H2,1-4H3,(H,27,31)/t20-/m0/s1. The molecule has 0 aliphatic heterocycles. The van der Waals surface area contributed by atoms with Crippen LogP contribution in [0.3, 0.4) is 0 Å². The molecule has 0 bridgehead atoms. The van der Waals surface area contributed by atoms with Gasteiger partial charge in [0.1, 0.15) is 11.8 Å². The second-order valence-corrected chi connectivity index (χ2v) is 10.7. The molecular weight excluding hydrogens is 513 g/mol. The molecule has 2 aromatic carbocycles. The van der Waals surface area contributed by atoms with Crippen LogP contribution < -0.4 is 14.4 Å². The largest absolute Gasteiger partial charge is 0.495 e. The molecule has 1 N–H and O–H groups in total. The van der Waals surface area contributed by atoms with Crippen molar-refractivity contribution in [2.24, 2.45) is 0 Å². The topological polar surface area (TPSA) is 96.0 Å². The number of carbonyl (C=O) groups excluding carboxylic acids is 2. The van der Waals surface area contributed by atoms with E-state index < -0.39 is 16.1 Å². The van der Waals surface area contributed by atoms with Crippen molar-refractivity contribution in [2.45, 2.75) is 38.8 Å². The molecule has 2 amide bonds. The Bertz CT molecular complexity index is 1140. The SMILES string of the molecule is CC[C@@H](C(=O)NC)N(Cc1ccc(Cl)cc1Cl)C(=O)CCCN(c1ccccc1OC)S(C)(=O)=O. The Hall–Kier alpha value is -2.49. The fraction of sp³-hybridized carbons (Fsp3) is 0.417. The second kappa shape index (κ2) is 13.0. The first-order valence-corrected chi connectivity index (χ1v) is 13.7. The lowest BCUT2D eigenvalue weighted by molar-refractivity contribution is -0.141. The van der Waals surface area contributed by atoms with Gasteiger partial charge in [-0.2, -0.15) is 0 Å². The highest BCUT2D eigenvalue weighted by Crippen LogP contribution is 2.30. The molecule has 2 rings (SSSR count). The molecule has 192 valence electrons. The third-order valence-corrected chi connectivity index (χ3v) is 7.26. The Balaban J connectivity index is 2.25. The summed E-state index contributed by atoms with van der Waals surface area (Å²) < 4.78 is 31.5. The van der Waals surface area contributed by atoms with Crippen LogP contribution in [0.4, 0.5) is 5.69 Å². The molecule has 35 heavy (non-hydrogen) atoms. The summed E-state index contributed by atoms with van der Waals surface area (Å²) in [7, 11) is -0.652. The Labute approximate surface area is 217 Å².